The average Bonchev–Trinajstić information content (AvgIpc) is 2.80. The van der Waals surface area contributed by atoms with Gasteiger partial charge in [0.1, 0.15) is 6.61 Å². The van der Waals surface area contributed by atoms with E-state index in [1.54, 1.807) is 12.1 Å². The molecule has 3 aromatic rings. The quantitative estimate of drug-likeness (QED) is 0.774. The first-order valence-corrected chi connectivity index (χ1v) is 6.49. The first-order chi connectivity index (χ1) is 9.22. The van der Waals surface area contributed by atoms with Crippen LogP contribution in [0.5, 0.6) is 6.01 Å². The summed E-state index contributed by atoms with van der Waals surface area (Å²) >= 11 is 11.9. The molecule has 5 heteroatoms. The van der Waals surface area contributed by atoms with E-state index in [9.17, 15) is 0 Å². The number of H-pyrrole nitrogens is 1. The lowest BCUT2D eigenvalue weighted by atomic mass is 10.2. The van der Waals surface area contributed by atoms with Gasteiger partial charge >= 0.3 is 0 Å². The molecule has 3 rings (SSSR count). The minimum Gasteiger partial charge on any atom is -0.460 e. The molecule has 0 saturated carbocycles. The smallest absolute Gasteiger partial charge is 0.294 e. The number of halogens is 2. The van der Waals surface area contributed by atoms with E-state index >= 15 is 0 Å². The van der Waals surface area contributed by atoms with Gasteiger partial charge in [-0.1, -0.05) is 41.4 Å². The number of nitrogens with zero attached hydrogens (tertiary/aromatic N) is 1. The van der Waals surface area contributed by atoms with Crippen LogP contribution in [0.3, 0.4) is 0 Å². The summed E-state index contributed by atoms with van der Waals surface area (Å²) < 4.78 is 5.60. The van der Waals surface area contributed by atoms with E-state index < -0.39 is 0 Å². The molecule has 3 nitrogen and oxygen atoms in total. The van der Waals surface area contributed by atoms with Gasteiger partial charge in [-0.05, 0) is 24.3 Å². The SMILES string of the molecule is Clc1ccc(COc2nc3ccccc3[nH]2)c(Cl)c1. The molecular weight excluding hydrogens is 283 g/mol. The van der Waals surface area contributed by atoms with Gasteiger partial charge in [-0.2, -0.15) is 4.98 Å². The maximum absolute atomic E-state index is 6.08. The Hall–Kier alpha value is -1.71. The molecular formula is C14H10Cl2N2O. The van der Waals surface area contributed by atoms with E-state index in [0.717, 1.165) is 16.6 Å². The molecule has 1 N–H and O–H groups in total. The van der Waals surface area contributed by atoms with Crippen LogP contribution in [0, 0.1) is 0 Å². The molecule has 1 aromatic heterocycles. The summed E-state index contributed by atoms with van der Waals surface area (Å²) in [4.78, 5) is 7.42. The van der Waals surface area contributed by atoms with Crippen LogP contribution in [-0.2, 0) is 6.61 Å². The number of rotatable bonds is 3. The third-order valence-corrected chi connectivity index (χ3v) is 3.33. The van der Waals surface area contributed by atoms with E-state index in [0.29, 0.717) is 22.7 Å². The summed E-state index contributed by atoms with van der Waals surface area (Å²) in [5.74, 6) is 0. The number of nitrogens with one attached hydrogen (secondary N) is 1. The highest BCUT2D eigenvalue weighted by Crippen LogP contribution is 2.22. The van der Waals surface area contributed by atoms with Crippen molar-refractivity contribution in [2.75, 3.05) is 0 Å². The van der Waals surface area contributed by atoms with Crippen molar-refractivity contribution >= 4 is 34.2 Å². The van der Waals surface area contributed by atoms with E-state index in [2.05, 4.69) is 9.97 Å². The van der Waals surface area contributed by atoms with Crippen molar-refractivity contribution < 1.29 is 4.74 Å². The maximum Gasteiger partial charge on any atom is 0.294 e. The number of hydrogen-bond donors (Lipinski definition) is 1. The van der Waals surface area contributed by atoms with Crippen LogP contribution in [0.15, 0.2) is 42.5 Å². The minimum absolute atomic E-state index is 0.343. The third-order valence-electron chi connectivity index (χ3n) is 2.75. The van der Waals surface area contributed by atoms with Crippen molar-refractivity contribution in [2.45, 2.75) is 6.61 Å². The molecule has 0 bridgehead atoms. The maximum atomic E-state index is 6.08. The zero-order valence-electron chi connectivity index (χ0n) is 9.86. The lowest BCUT2D eigenvalue weighted by Gasteiger charge is -2.05. The number of ether oxygens (including phenoxy) is 1. The molecule has 19 heavy (non-hydrogen) atoms. The summed E-state index contributed by atoms with van der Waals surface area (Å²) in [6, 6.07) is 13.5. The second-order valence-corrected chi connectivity index (χ2v) is 4.93. The van der Waals surface area contributed by atoms with Gasteiger partial charge in [0.2, 0.25) is 0 Å². The number of hydrogen-bond acceptors (Lipinski definition) is 2. The van der Waals surface area contributed by atoms with Crippen molar-refractivity contribution in [3.8, 4) is 6.01 Å². The van der Waals surface area contributed by atoms with Crippen molar-refractivity contribution in [1.29, 1.82) is 0 Å². The molecule has 0 radical (unpaired) electrons. The Morgan fingerprint density at radius 2 is 1.95 bits per heavy atom. The Kier molecular flexibility index (Phi) is 3.32. The summed E-state index contributed by atoms with van der Waals surface area (Å²) in [7, 11) is 0. The van der Waals surface area contributed by atoms with Crippen LogP contribution in [0.4, 0.5) is 0 Å². The van der Waals surface area contributed by atoms with Crippen LogP contribution in [0.25, 0.3) is 11.0 Å². The Morgan fingerprint density at radius 3 is 2.74 bits per heavy atom. The zero-order chi connectivity index (χ0) is 13.2. The molecule has 0 atom stereocenters. The van der Waals surface area contributed by atoms with Crippen molar-refractivity contribution in [2.24, 2.45) is 0 Å². The summed E-state index contributed by atoms with van der Waals surface area (Å²) in [5.41, 5.74) is 2.69. The molecule has 0 amide bonds. The fourth-order valence-electron chi connectivity index (χ4n) is 1.78. The predicted molar refractivity (Wildman–Crippen MR) is 76.9 cm³/mol. The second kappa shape index (κ2) is 5.11. The number of aromatic amines is 1. The monoisotopic (exact) mass is 292 g/mol. The molecule has 2 aromatic carbocycles. The predicted octanol–water partition coefficient (Wildman–Crippen LogP) is 4.45. The van der Waals surface area contributed by atoms with Gasteiger partial charge < -0.3 is 9.72 Å². The number of benzene rings is 2. The van der Waals surface area contributed by atoms with Gasteiger partial charge in [-0.3, -0.25) is 0 Å². The van der Waals surface area contributed by atoms with Crippen molar-refractivity contribution in [1.82, 2.24) is 9.97 Å². The standard InChI is InChI=1S/C14H10Cl2N2O/c15-10-6-5-9(11(16)7-10)8-19-14-17-12-3-1-2-4-13(12)18-14/h1-7H,8H2,(H,17,18). The third kappa shape index (κ3) is 2.67. The number of aromatic nitrogens is 2. The Bertz CT molecular complexity index is 691. The first kappa shape index (κ1) is 12.3. The molecule has 0 aliphatic heterocycles. The molecule has 0 unspecified atom stereocenters. The lowest BCUT2D eigenvalue weighted by molar-refractivity contribution is 0.285. The summed E-state index contributed by atoms with van der Waals surface area (Å²) in [6.07, 6.45) is 0. The van der Waals surface area contributed by atoms with Gasteiger partial charge in [0.25, 0.3) is 6.01 Å². The van der Waals surface area contributed by atoms with Gasteiger partial charge in [0, 0.05) is 15.6 Å². The van der Waals surface area contributed by atoms with Crippen molar-refractivity contribution in [3.63, 3.8) is 0 Å². The minimum atomic E-state index is 0.343. The lowest BCUT2D eigenvalue weighted by Crippen LogP contribution is -1.97. The molecule has 1 heterocycles. The summed E-state index contributed by atoms with van der Waals surface area (Å²) in [5, 5.41) is 1.20. The second-order valence-electron chi connectivity index (χ2n) is 4.08. The largest absolute Gasteiger partial charge is 0.460 e. The fourth-order valence-corrected chi connectivity index (χ4v) is 2.25. The molecule has 0 aliphatic carbocycles. The Balaban J connectivity index is 1.78. The van der Waals surface area contributed by atoms with Gasteiger partial charge in [-0.15, -0.1) is 0 Å². The zero-order valence-corrected chi connectivity index (χ0v) is 11.4. The van der Waals surface area contributed by atoms with E-state index in [-0.39, 0.29) is 0 Å². The Labute approximate surface area is 120 Å². The molecule has 96 valence electrons. The number of para-hydroxylation sites is 2. The van der Waals surface area contributed by atoms with Crippen LogP contribution in [-0.4, -0.2) is 9.97 Å². The molecule has 0 fully saturated rings. The van der Waals surface area contributed by atoms with E-state index in [1.807, 2.05) is 30.3 Å². The van der Waals surface area contributed by atoms with Gasteiger partial charge in [0.05, 0.1) is 11.0 Å². The van der Waals surface area contributed by atoms with E-state index in [4.69, 9.17) is 27.9 Å². The Morgan fingerprint density at radius 1 is 1.11 bits per heavy atom. The van der Waals surface area contributed by atoms with Crippen LogP contribution < -0.4 is 4.74 Å². The van der Waals surface area contributed by atoms with Crippen molar-refractivity contribution in [3.05, 3.63) is 58.1 Å². The highest BCUT2D eigenvalue weighted by molar-refractivity contribution is 6.35. The van der Waals surface area contributed by atoms with E-state index in [1.165, 1.54) is 0 Å². The highest BCUT2D eigenvalue weighted by Gasteiger charge is 2.05. The molecule has 0 aliphatic rings. The first-order valence-electron chi connectivity index (χ1n) is 5.74. The summed E-state index contributed by atoms with van der Waals surface area (Å²) in [6.45, 7) is 0.343. The van der Waals surface area contributed by atoms with Crippen LogP contribution in [0.2, 0.25) is 10.0 Å². The van der Waals surface area contributed by atoms with Gasteiger partial charge in [0.15, 0.2) is 0 Å². The topological polar surface area (TPSA) is 37.9 Å². The number of fused-ring (bicyclic) bond motifs is 1. The van der Waals surface area contributed by atoms with Gasteiger partial charge in [-0.25, -0.2) is 0 Å². The molecule has 0 spiro atoms. The fraction of sp³-hybridized carbons (Fsp3) is 0.0714. The highest BCUT2D eigenvalue weighted by atomic mass is 35.5. The number of imidazole rings is 1. The molecule has 0 saturated heterocycles. The normalized spacial score (nSPS) is 10.8. The van der Waals surface area contributed by atoms with Crippen LogP contribution in [0.1, 0.15) is 5.56 Å². The average molecular weight is 293 g/mol. The van der Waals surface area contributed by atoms with Crippen LogP contribution >= 0.6 is 23.2 Å².